The van der Waals surface area contributed by atoms with Crippen molar-refractivity contribution in [2.45, 2.75) is 43.5 Å². The van der Waals surface area contributed by atoms with Gasteiger partial charge in [-0.1, -0.05) is 15.9 Å². The van der Waals surface area contributed by atoms with Gasteiger partial charge < -0.3 is 9.84 Å². The Morgan fingerprint density at radius 3 is 3.11 bits per heavy atom. The van der Waals surface area contributed by atoms with Crippen LogP contribution in [0.1, 0.15) is 30.9 Å². The van der Waals surface area contributed by atoms with Crippen LogP contribution < -0.4 is 4.74 Å². The van der Waals surface area contributed by atoms with E-state index in [1.807, 2.05) is 11.8 Å². The van der Waals surface area contributed by atoms with Crippen LogP contribution in [0.25, 0.3) is 0 Å². The molecule has 0 spiro atoms. The van der Waals surface area contributed by atoms with Crippen molar-refractivity contribution in [1.29, 1.82) is 0 Å². The van der Waals surface area contributed by atoms with Crippen LogP contribution in [-0.2, 0) is 12.8 Å². The highest BCUT2D eigenvalue weighted by Gasteiger charge is 2.37. The molecule has 0 amide bonds. The maximum atomic E-state index is 10.6. The van der Waals surface area contributed by atoms with E-state index in [0.717, 1.165) is 35.2 Å². The highest BCUT2D eigenvalue weighted by molar-refractivity contribution is 9.10. The summed E-state index contributed by atoms with van der Waals surface area (Å²) in [5, 5.41) is 10.6. The van der Waals surface area contributed by atoms with E-state index in [2.05, 4.69) is 35.0 Å². The molecule has 1 saturated heterocycles. The van der Waals surface area contributed by atoms with Gasteiger partial charge >= 0.3 is 0 Å². The minimum Gasteiger partial charge on any atom is -0.493 e. The lowest BCUT2D eigenvalue weighted by atomic mass is 9.92. The Morgan fingerprint density at radius 1 is 1.53 bits per heavy atom. The molecule has 2 aliphatic rings. The van der Waals surface area contributed by atoms with E-state index in [1.165, 1.54) is 17.7 Å². The van der Waals surface area contributed by atoms with E-state index in [0.29, 0.717) is 6.42 Å². The smallest absolute Gasteiger partial charge is 0.125 e. The molecule has 104 valence electrons. The van der Waals surface area contributed by atoms with Gasteiger partial charge in [0, 0.05) is 22.1 Å². The van der Waals surface area contributed by atoms with Gasteiger partial charge in [0.15, 0.2) is 0 Å². The summed E-state index contributed by atoms with van der Waals surface area (Å²) in [5.74, 6) is 2.18. The van der Waals surface area contributed by atoms with Gasteiger partial charge in [-0.05, 0) is 48.8 Å². The quantitative estimate of drug-likeness (QED) is 0.910. The van der Waals surface area contributed by atoms with Gasteiger partial charge in [0.2, 0.25) is 0 Å². The van der Waals surface area contributed by atoms with Crippen molar-refractivity contribution in [3.63, 3.8) is 0 Å². The molecular weight excluding hydrogens is 324 g/mol. The fourth-order valence-electron chi connectivity index (χ4n) is 2.99. The Balaban J connectivity index is 1.83. The topological polar surface area (TPSA) is 29.5 Å². The zero-order valence-electron chi connectivity index (χ0n) is 11.1. The Hall–Kier alpha value is -0.190. The lowest BCUT2D eigenvalue weighted by molar-refractivity contribution is 0.132. The van der Waals surface area contributed by atoms with Gasteiger partial charge in [-0.25, -0.2) is 0 Å². The number of hydrogen-bond donors (Lipinski definition) is 1. The lowest BCUT2D eigenvalue weighted by Gasteiger charge is -2.29. The van der Waals surface area contributed by atoms with E-state index in [4.69, 9.17) is 4.74 Å². The maximum absolute atomic E-state index is 10.6. The second-order valence-corrected chi connectivity index (χ2v) is 8.18. The third kappa shape index (κ3) is 2.67. The summed E-state index contributed by atoms with van der Waals surface area (Å²) in [6.45, 7) is 2.95. The first kappa shape index (κ1) is 13.8. The molecule has 0 saturated carbocycles. The molecule has 3 rings (SSSR count). The molecule has 4 heteroatoms. The molecule has 1 N–H and O–H groups in total. The second kappa shape index (κ2) is 5.30. The van der Waals surface area contributed by atoms with E-state index in [1.54, 1.807) is 0 Å². The number of aliphatic hydroxyl groups excluding tert-OH is 1. The monoisotopic (exact) mass is 342 g/mol. The maximum Gasteiger partial charge on any atom is 0.125 e. The van der Waals surface area contributed by atoms with Crippen molar-refractivity contribution in [2.75, 3.05) is 12.4 Å². The van der Waals surface area contributed by atoms with E-state index in [-0.39, 0.29) is 10.9 Å². The lowest BCUT2D eigenvalue weighted by Crippen LogP contribution is -2.35. The normalized spacial score (nSPS) is 27.1. The van der Waals surface area contributed by atoms with Crippen molar-refractivity contribution in [1.82, 2.24) is 0 Å². The van der Waals surface area contributed by atoms with Crippen molar-refractivity contribution in [3.8, 4) is 5.75 Å². The number of rotatable bonds is 3. The standard InChI is InChI=1S/C15H19BrO2S/c1-15(4-2-6-19-15)13(17)9-11-8-12(16)7-10-3-5-18-14(10)11/h7-8,13,17H,2-6,9H2,1H3. The van der Waals surface area contributed by atoms with Crippen LogP contribution in [0.3, 0.4) is 0 Å². The molecule has 2 aliphatic heterocycles. The first-order chi connectivity index (χ1) is 9.08. The Morgan fingerprint density at radius 2 is 2.37 bits per heavy atom. The predicted molar refractivity (Wildman–Crippen MR) is 83.1 cm³/mol. The average molecular weight is 343 g/mol. The van der Waals surface area contributed by atoms with Gasteiger partial charge in [0.05, 0.1) is 12.7 Å². The average Bonchev–Trinajstić information content (AvgIpc) is 2.98. The van der Waals surface area contributed by atoms with Gasteiger partial charge in [-0.3, -0.25) is 0 Å². The molecule has 2 heterocycles. The highest BCUT2D eigenvalue weighted by atomic mass is 79.9. The third-order valence-corrected chi connectivity index (χ3v) is 6.28. The summed E-state index contributed by atoms with van der Waals surface area (Å²) in [5.41, 5.74) is 2.41. The summed E-state index contributed by atoms with van der Waals surface area (Å²) >= 11 is 5.47. The van der Waals surface area contributed by atoms with Crippen molar-refractivity contribution >= 4 is 27.7 Å². The van der Waals surface area contributed by atoms with Crippen LogP contribution in [0.4, 0.5) is 0 Å². The van der Waals surface area contributed by atoms with Crippen LogP contribution in [-0.4, -0.2) is 28.3 Å². The molecule has 1 aromatic carbocycles. The molecule has 1 aromatic rings. The minimum atomic E-state index is -0.303. The van der Waals surface area contributed by atoms with E-state index in [9.17, 15) is 5.11 Å². The molecule has 0 aliphatic carbocycles. The first-order valence-electron chi connectivity index (χ1n) is 6.85. The molecule has 19 heavy (non-hydrogen) atoms. The molecule has 0 aromatic heterocycles. The summed E-state index contributed by atoms with van der Waals surface area (Å²) in [6.07, 6.45) is 3.68. The molecule has 0 bridgehead atoms. The van der Waals surface area contributed by atoms with Gasteiger partial charge in [-0.15, -0.1) is 0 Å². The molecule has 2 nitrogen and oxygen atoms in total. The van der Waals surface area contributed by atoms with Gasteiger partial charge in [0.1, 0.15) is 5.75 Å². The fourth-order valence-corrected chi connectivity index (χ4v) is 4.86. The minimum absolute atomic E-state index is 0.00774. The first-order valence-corrected chi connectivity index (χ1v) is 8.62. The fraction of sp³-hybridized carbons (Fsp3) is 0.600. The molecule has 0 radical (unpaired) electrons. The van der Waals surface area contributed by atoms with Gasteiger partial charge in [0.25, 0.3) is 0 Å². The Bertz CT molecular complexity index is 483. The second-order valence-electron chi connectivity index (χ2n) is 5.64. The highest BCUT2D eigenvalue weighted by Crippen LogP contribution is 2.43. The van der Waals surface area contributed by atoms with Crippen LogP contribution >= 0.6 is 27.7 Å². The van der Waals surface area contributed by atoms with E-state index < -0.39 is 0 Å². The number of halogens is 1. The van der Waals surface area contributed by atoms with Crippen molar-refractivity contribution in [2.24, 2.45) is 0 Å². The number of fused-ring (bicyclic) bond motifs is 1. The third-order valence-electron chi connectivity index (χ3n) is 4.19. The summed E-state index contributed by atoms with van der Waals surface area (Å²) < 4.78 is 6.84. The molecule has 1 fully saturated rings. The van der Waals surface area contributed by atoms with E-state index >= 15 is 0 Å². The summed E-state index contributed by atoms with van der Waals surface area (Å²) in [4.78, 5) is 0. The summed E-state index contributed by atoms with van der Waals surface area (Å²) in [6, 6.07) is 4.22. The van der Waals surface area contributed by atoms with Crippen LogP contribution in [0.15, 0.2) is 16.6 Å². The van der Waals surface area contributed by atoms with Crippen LogP contribution in [0, 0.1) is 0 Å². The van der Waals surface area contributed by atoms with Crippen LogP contribution in [0.2, 0.25) is 0 Å². The molecule has 2 atom stereocenters. The number of aliphatic hydroxyl groups is 1. The SMILES string of the molecule is CC1(C(O)Cc2cc(Br)cc3c2OCC3)CCCS1. The number of benzene rings is 1. The zero-order valence-corrected chi connectivity index (χ0v) is 13.5. The number of hydrogen-bond acceptors (Lipinski definition) is 3. The zero-order chi connectivity index (χ0) is 13.5. The van der Waals surface area contributed by atoms with Crippen molar-refractivity contribution < 1.29 is 9.84 Å². The molecule has 2 unspecified atom stereocenters. The van der Waals surface area contributed by atoms with Gasteiger partial charge in [-0.2, -0.15) is 11.8 Å². The predicted octanol–water partition coefficient (Wildman–Crippen LogP) is 3.57. The molecular formula is C15H19BrO2S. The Kier molecular flexibility index (Phi) is 3.84. The largest absolute Gasteiger partial charge is 0.493 e. The summed E-state index contributed by atoms with van der Waals surface area (Å²) in [7, 11) is 0. The number of ether oxygens (including phenoxy) is 1. The van der Waals surface area contributed by atoms with Crippen molar-refractivity contribution in [3.05, 3.63) is 27.7 Å². The number of thioether (sulfide) groups is 1. The van der Waals surface area contributed by atoms with Crippen LogP contribution in [0.5, 0.6) is 5.75 Å². The Labute approximate surface area is 127 Å².